The maximum Gasteiger partial charge on any atom is 0.147 e. The number of benzene rings is 1. The van der Waals surface area contributed by atoms with Crippen molar-refractivity contribution in [1.82, 2.24) is 0 Å². The number of ether oxygens (including phenoxy) is 1. The van der Waals surface area contributed by atoms with E-state index in [1.807, 2.05) is 12.1 Å². The van der Waals surface area contributed by atoms with E-state index in [-0.39, 0.29) is 0 Å². The third kappa shape index (κ3) is 3.46. The molecule has 1 aromatic carbocycles. The third-order valence-electron chi connectivity index (χ3n) is 1.30. The lowest BCUT2D eigenvalue weighted by Gasteiger charge is -2.09. The molecule has 0 unspecified atom stereocenters. The van der Waals surface area contributed by atoms with Crippen LogP contribution in [-0.2, 0) is 0 Å². The first-order valence-corrected chi connectivity index (χ1v) is 6.54. The molecule has 0 aliphatic rings. The molecular weight excluding hydrogens is 384 g/mol. The predicted molar refractivity (Wildman–Crippen MR) is 68.9 cm³/mol. The number of hydrogen-bond donors (Lipinski definition) is 1. The Kier molecular flexibility index (Phi) is 5.15. The lowest BCUT2D eigenvalue weighted by Crippen LogP contribution is -1.99. The van der Waals surface area contributed by atoms with E-state index >= 15 is 0 Å². The van der Waals surface area contributed by atoms with Gasteiger partial charge >= 0.3 is 0 Å². The topological polar surface area (TPSA) is 9.23 Å². The Balaban J connectivity index is 2.92. The van der Waals surface area contributed by atoms with Crippen LogP contribution in [0.25, 0.3) is 0 Å². The molecule has 0 heterocycles. The summed E-state index contributed by atoms with van der Waals surface area (Å²) in [5.41, 5.74) is 0. The first-order valence-electron chi connectivity index (χ1n) is 3.53. The first-order chi connectivity index (χ1) is 6.15. The maximum absolute atomic E-state index is 5.48. The summed E-state index contributed by atoms with van der Waals surface area (Å²) < 4.78 is 8.34. The minimum atomic E-state index is 0.599. The van der Waals surface area contributed by atoms with Crippen LogP contribution in [0, 0.1) is 0 Å². The smallest absolute Gasteiger partial charge is 0.147 e. The fraction of sp³-hybridized carbons (Fsp3) is 0.250. The summed E-state index contributed by atoms with van der Waals surface area (Å²) in [4.78, 5) is 0. The Hall–Kier alpha value is 0.810. The molecule has 0 saturated carbocycles. The molecule has 1 rings (SSSR count). The van der Waals surface area contributed by atoms with Gasteiger partial charge in [0.25, 0.3) is 0 Å². The van der Waals surface area contributed by atoms with Crippen LogP contribution in [-0.4, -0.2) is 12.4 Å². The largest absolute Gasteiger partial charge is 0.490 e. The average molecular weight is 391 g/mol. The van der Waals surface area contributed by atoms with Crippen molar-refractivity contribution in [2.24, 2.45) is 0 Å². The molecule has 0 aliphatic carbocycles. The van der Waals surface area contributed by atoms with Gasteiger partial charge in [0, 0.05) is 10.2 Å². The van der Waals surface area contributed by atoms with Crippen LogP contribution in [0.3, 0.4) is 0 Å². The molecule has 0 bridgehead atoms. The van der Waals surface area contributed by atoms with Gasteiger partial charge in [-0.25, -0.2) is 0 Å². The molecule has 0 aromatic heterocycles. The van der Waals surface area contributed by atoms with Crippen LogP contribution >= 0.6 is 60.4 Å². The summed E-state index contributed by atoms with van der Waals surface area (Å²) in [5, 5.41) is 0. The molecule has 72 valence electrons. The third-order valence-corrected chi connectivity index (χ3v) is 3.12. The molecule has 0 amide bonds. The minimum Gasteiger partial charge on any atom is -0.490 e. The van der Waals surface area contributed by atoms with Crippen LogP contribution < -0.4 is 4.74 Å². The molecule has 0 radical (unpaired) electrons. The highest BCUT2D eigenvalue weighted by Crippen LogP contribution is 2.36. The van der Waals surface area contributed by atoms with Crippen molar-refractivity contribution in [2.45, 2.75) is 0 Å². The van der Waals surface area contributed by atoms with Crippen LogP contribution in [0.1, 0.15) is 0 Å². The number of hydrogen-bond acceptors (Lipinski definition) is 2. The van der Waals surface area contributed by atoms with E-state index in [0.29, 0.717) is 12.4 Å². The Bertz CT molecular complexity index is 280. The van der Waals surface area contributed by atoms with Gasteiger partial charge in [0.05, 0.1) is 15.6 Å². The zero-order valence-electron chi connectivity index (χ0n) is 6.56. The van der Waals surface area contributed by atoms with Crippen LogP contribution in [0.4, 0.5) is 0 Å². The van der Waals surface area contributed by atoms with Crippen molar-refractivity contribution in [3.05, 3.63) is 25.6 Å². The highest BCUT2D eigenvalue weighted by Gasteiger charge is 2.07. The predicted octanol–water partition coefficient (Wildman–Crippen LogP) is 4.28. The summed E-state index contributed by atoms with van der Waals surface area (Å²) >= 11 is 14.3. The van der Waals surface area contributed by atoms with E-state index in [0.717, 1.165) is 19.2 Å². The van der Waals surface area contributed by atoms with Crippen LogP contribution in [0.2, 0.25) is 0 Å². The van der Waals surface area contributed by atoms with Crippen molar-refractivity contribution in [3.8, 4) is 5.75 Å². The fourth-order valence-electron chi connectivity index (χ4n) is 0.815. The van der Waals surface area contributed by atoms with Gasteiger partial charge in [-0.05, 0) is 44.0 Å². The monoisotopic (exact) mass is 388 g/mol. The maximum atomic E-state index is 5.48. The Morgan fingerprint density at radius 2 is 1.69 bits per heavy atom. The molecule has 13 heavy (non-hydrogen) atoms. The van der Waals surface area contributed by atoms with Gasteiger partial charge in [-0.2, -0.15) is 12.6 Å². The van der Waals surface area contributed by atoms with E-state index < -0.39 is 0 Å². The van der Waals surface area contributed by atoms with E-state index in [2.05, 4.69) is 60.4 Å². The summed E-state index contributed by atoms with van der Waals surface area (Å²) in [7, 11) is 0. The zero-order chi connectivity index (χ0) is 9.84. The lowest BCUT2D eigenvalue weighted by atomic mass is 10.3. The van der Waals surface area contributed by atoms with E-state index in [4.69, 9.17) is 4.74 Å². The summed E-state index contributed by atoms with van der Waals surface area (Å²) in [6.45, 7) is 0.599. The van der Waals surface area contributed by atoms with Crippen LogP contribution in [0.5, 0.6) is 5.75 Å². The van der Waals surface area contributed by atoms with Gasteiger partial charge in [0.2, 0.25) is 0 Å². The SMILES string of the molecule is SCCOc1c(Br)cc(Br)cc1Br. The van der Waals surface area contributed by atoms with E-state index in [1.54, 1.807) is 0 Å². The standard InChI is InChI=1S/C8H7Br3OS/c9-5-3-6(10)8(7(11)4-5)12-1-2-13/h3-4,13H,1-2H2. The zero-order valence-corrected chi connectivity index (χ0v) is 12.2. The molecule has 0 aliphatic heterocycles. The van der Waals surface area contributed by atoms with Crippen molar-refractivity contribution < 1.29 is 4.74 Å². The molecule has 1 aromatic rings. The second-order valence-electron chi connectivity index (χ2n) is 2.27. The highest BCUT2D eigenvalue weighted by molar-refractivity contribution is 9.11. The molecule has 0 N–H and O–H groups in total. The van der Waals surface area contributed by atoms with Gasteiger partial charge in [0.1, 0.15) is 5.75 Å². The molecular formula is C8H7Br3OS. The lowest BCUT2D eigenvalue weighted by molar-refractivity contribution is 0.340. The molecule has 0 atom stereocenters. The van der Waals surface area contributed by atoms with Gasteiger partial charge in [-0.1, -0.05) is 15.9 Å². The quantitative estimate of drug-likeness (QED) is 0.758. The number of rotatable bonds is 3. The Morgan fingerprint density at radius 3 is 2.15 bits per heavy atom. The molecule has 5 heteroatoms. The van der Waals surface area contributed by atoms with Crippen molar-refractivity contribution in [3.63, 3.8) is 0 Å². The van der Waals surface area contributed by atoms with Crippen molar-refractivity contribution in [1.29, 1.82) is 0 Å². The normalized spacial score (nSPS) is 10.2. The molecule has 0 saturated heterocycles. The average Bonchev–Trinajstić information content (AvgIpc) is 2.02. The summed E-state index contributed by atoms with van der Waals surface area (Å²) in [6.07, 6.45) is 0. The van der Waals surface area contributed by atoms with Gasteiger partial charge in [-0.3, -0.25) is 0 Å². The Labute approximate surface area is 108 Å². The molecule has 1 nitrogen and oxygen atoms in total. The van der Waals surface area contributed by atoms with Crippen molar-refractivity contribution in [2.75, 3.05) is 12.4 Å². The molecule has 0 spiro atoms. The molecule has 0 fully saturated rings. The van der Waals surface area contributed by atoms with Gasteiger partial charge < -0.3 is 4.74 Å². The van der Waals surface area contributed by atoms with Gasteiger partial charge in [-0.15, -0.1) is 0 Å². The minimum absolute atomic E-state index is 0.599. The number of thiol groups is 1. The van der Waals surface area contributed by atoms with E-state index in [1.165, 1.54) is 0 Å². The van der Waals surface area contributed by atoms with Gasteiger partial charge in [0.15, 0.2) is 0 Å². The second kappa shape index (κ2) is 5.63. The second-order valence-corrected chi connectivity index (χ2v) is 5.34. The van der Waals surface area contributed by atoms with Crippen molar-refractivity contribution >= 4 is 60.4 Å². The highest BCUT2D eigenvalue weighted by atomic mass is 79.9. The summed E-state index contributed by atoms with van der Waals surface area (Å²) in [6, 6.07) is 3.89. The van der Waals surface area contributed by atoms with Crippen LogP contribution in [0.15, 0.2) is 25.6 Å². The first kappa shape index (κ1) is 11.9. The van der Waals surface area contributed by atoms with E-state index in [9.17, 15) is 0 Å². The summed E-state index contributed by atoms with van der Waals surface area (Å²) in [5.74, 6) is 1.52. The Morgan fingerprint density at radius 1 is 1.15 bits per heavy atom. The fourth-order valence-corrected chi connectivity index (χ4v) is 3.39. The number of halogens is 3.